The number of ether oxygens (including phenoxy) is 1. The summed E-state index contributed by atoms with van der Waals surface area (Å²) in [5.41, 5.74) is 0. The quantitative estimate of drug-likeness (QED) is 0.827. The highest BCUT2D eigenvalue weighted by Gasteiger charge is 2.43. The van der Waals surface area contributed by atoms with Crippen LogP contribution in [0.25, 0.3) is 0 Å². The molecular weight excluding hydrogens is 196 g/mol. The van der Waals surface area contributed by atoms with Crippen LogP contribution in [-0.4, -0.2) is 23.6 Å². The van der Waals surface area contributed by atoms with Crippen LogP contribution in [0.3, 0.4) is 0 Å². The van der Waals surface area contributed by atoms with Crippen molar-refractivity contribution in [3.8, 4) is 5.75 Å². The molecule has 2 nitrogen and oxygen atoms in total. The van der Waals surface area contributed by atoms with Crippen LogP contribution in [-0.2, 0) is 0 Å². The van der Waals surface area contributed by atoms with Crippen molar-refractivity contribution < 1.29 is 9.84 Å². The van der Waals surface area contributed by atoms with Crippen LogP contribution in [0.2, 0.25) is 0 Å². The van der Waals surface area contributed by atoms with Crippen molar-refractivity contribution in [1.29, 1.82) is 0 Å². The minimum absolute atomic E-state index is 0.120. The molecule has 3 heteroatoms. The molecule has 0 bridgehead atoms. The van der Waals surface area contributed by atoms with Gasteiger partial charge in [-0.25, -0.2) is 0 Å². The van der Waals surface area contributed by atoms with Crippen molar-refractivity contribution in [3.05, 3.63) is 24.3 Å². The van der Waals surface area contributed by atoms with Gasteiger partial charge in [-0.15, -0.1) is 11.8 Å². The Hall–Kier alpha value is -0.670. The summed E-state index contributed by atoms with van der Waals surface area (Å²) in [5, 5.41) is 9.17. The zero-order valence-corrected chi connectivity index (χ0v) is 9.01. The predicted octanol–water partition coefficient (Wildman–Crippen LogP) is 2.31. The first-order chi connectivity index (χ1) is 6.78. The van der Waals surface area contributed by atoms with Gasteiger partial charge in [0.2, 0.25) is 0 Å². The maximum absolute atomic E-state index is 9.17. The minimum Gasteiger partial charge on any atom is -0.497 e. The van der Waals surface area contributed by atoms with Gasteiger partial charge in [-0.05, 0) is 37.1 Å². The number of thioether (sulfide) groups is 1. The molecule has 1 aromatic rings. The number of rotatable bonds is 4. The van der Waals surface area contributed by atoms with Gasteiger partial charge in [0.1, 0.15) is 5.75 Å². The van der Waals surface area contributed by atoms with Crippen LogP contribution in [0.1, 0.15) is 12.8 Å². The minimum atomic E-state index is 0.120. The highest BCUT2D eigenvalue weighted by atomic mass is 32.2. The molecule has 1 aliphatic carbocycles. The van der Waals surface area contributed by atoms with E-state index in [9.17, 15) is 5.11 Å². The van der Waals surface area contributed by atoms with Gasteiger partial charge < -0.3 is 9.84 Å². The number of hydrogen-bond donors (Lipinski definition) is 1. The lowest BCUT2D eigenvalue weighted by molar-refractivity contribution is 0.289. The van der Waals surface area contributed by atoms with Crippen molar-refractivity contribution in [2.45, 2.75) is 22.5 Å². The molecule has 76 valence electrons. The van der Waals surface area contributed by atoms with E-state index < -0.39 is 0 Å². The first-order valence-electron chi connectivity index (χ1n) is 4.72. The van der Waals surface area contributed by atoms with Gasteiger partial charge in [-0.2, -0.15) is 0 Å². The van der Waals surface area contributed by atoms with Gasteiger partial charge in [0.05, 0.1) is 13.7 Å². The number of aliphatic hydroxyl groups is 1. The van der Waals surface area contributed by atoms with E-state index in [4.69, 9.17) is 4.74 Å². The lowest BCUT2D eigenvalue weighted by atomic mass is 10.3. The SMILES string of the molecule is COc1ccc(SC2(CO)CC2)cc1. The van der Waals surface area contributed by atoms with Crippen LogP contribution in [0.15, 0.2) is 29.2 Å². The van der Waals surface area contributed by atoms with Crippen molar-refractivity contribution in [3.63, 3.8) is 0 Å². The molecule has 0 heterocycles. The first kappa shape index (κ1) is 9.87. The van der Waals surface area contributed by atoms with Gasteiger partial charge in [-0.3, -0.25) is 0 Å². The topological polar surface area (TPSA) is 29.5 Å². The molecule has 0 unspecified atom stereocenters. The van der Waals surface area contributed by atoms with Crippen LogP contribution in [0, 0.1) is 0 Å². The van der Waals surface area contributed by atoms with E-state index in [0.29, 0.717) is 0 Å². The predicted molar refractivity (Wildman–Crippen MR) is 57.9 cm³/mol. The molecule has 1 fully saturated rings. The second-order valence-electron chi connectivity index (χ2n) is 3.62. The first-order valence-corrected chi connectivity index (χ1v) is 5.54. The van der Waals surface area contributed by atoms with Crippen molar-refractivity contribution >= 4 is 11.8 Å². The molecule has 1 aromatic carbocycles. The third-order valence-corrected chi connectivity index (χ3v) is 3.97. The molecule has 1 aliphatic rings. The van der Waals surface area contributed by atoms with E-state index in [2.05, 4.69) is 0 Å². The summed E-state index contributed by atoms with van der Waals surface area (Å²) >= 11 is 1.77. The lowest BCUT2D eigenvalue weighted by Gasteiger charge is -2.10. The second kappa shape index (κ2) is 3.83. The van der Waals surface area contributed by atoms with Gasteiger partial charge in [-0.1, -0.05) is 0 Å². The molecule has 0 aromatic heterocycles. The molecular formula is C11H14O2S. The Labute approximate surface area is 88.3 Å². The Morgan fingerprint density at radius 1 is 1.36 bits per heavy atom. The summed E-state index contributed by atoms with van der Waals surface area (Å²) in [6, 6.07) is 7.99. The van der Waals surface area contributed by atoms with Crippen LogP contribution in [0.5, 0.6) is 5.75 Å². The molecule has 0 radical (unpaired) electrons. The van der Waals surface area contributed by atoms with Crippen molar-refractivity contribution in [1.82, 2.24) is 0 Å². The standard InChI is InChI=1S/C11H14O2S/c1-13-9-2-4-10(5-3-9)14-11(8-12)6-7-11/h2-5,12H,6-8H2,1H3. The summed E-state index contributed by atoms with van der Waals surface area (Å²) in [5.74, 6) is 0.878. The molecule has 14 heavy (non-hydrogen) atoms. The van der Waals surface area contributed by atoms with Crippen LogP contribution < -0.4 is 4.74 Å². The normalized spacial score (nSPS) is 17.9. The fraction of sp³-hybridized carbons (Fsp3) is 0.455. The second-order valence-corrected chi connectivity index (χ2v) is 5.16. The number of benzene rings is 1. The van der Waals surface area contributed by atoms with Gasteiger partial charge >= 0.3 is 0 Å². The Morgan fingerprint density at radius 2 is 2.00 bits per heavy atom. The monoisotopic (exact) mass is 210 g/mol. The zero-order chi connectivity index (χ0) is 10.0. The largest absolute Gasteiger partial charge is 0.497 e. The summed E-state index contributed by atoms with van der Waals surface area (Å²) in [4.78, 5) is 1.21. The highest BCUT2D eigenvalue weighted by molar-refractivity contribution is 8.01. The Balaban J connectivity index is 2.03. The van der Waals surface area contributed by atoms with E-state index in [1.165, 1.54) is 4.90 Å². The van der Waals surface area contributed by atoms with Crippen molar-refractivity contribution in [2.24, 2.45) is 0 Å². The van der Waals surface area contributed by atoms with E-state index in [-0.39, 0.29) is 11.4 Å². The van der Waals surface area contributed by atoms with Gasteiger partial charge in [0.25, 0.3) is 0 Å². The summed E-state index contributed by atoms with van der Waals surface area (Å²) in [6.45, 7) is 0.281. The third kappa shape index (κ3) is 2.04. The van der Waals surface area contributed by atoms with Gasteiger partial charge in [0.15, 0.2) is 0 Å². The molecule has 0 aliphatic heterocycles. The van der Waals surface area contributed by atoms with E-state index in [1.54, 1.807) is 18.9 Å². The van der Waals surface area contributed by atoms with E-state index in [1.807, 2.05) is 24.3 Å². The Bertz CT molecular complexity index is 304. The fourth-order valence-electron chi connectivity index (χ4n) is 1.33. The molecule has 0 spiro atoms. The number of hydrogen-bond acceptors (Lipinski definition) is 3. The molecule has 0 saturated heterocycles. The third-order valence-electron chi connectivity index (χ3n) is 2.49. The fourth-order valence-corrected chi connectivity index (χ4v) is 2.47. The molecule has 1 N–H and O–H groups in total. The average Bonchev–Trinajstić information content (AvgIpc) is 3.00. The average molecular weight is 210 g/mol. The molecule has 0 amide bonds. The zero-order valence-electron chi connectivity index (χ0n) is 8.19. The van der Waals surface area contributed by atoms with Crippen molar-refractivity contribution in [2.75, 3.05) is 13.7 Å². The Kier molecular flexibility index (Phi) is 2.70. The maximum Gasteiger partial charge on any atom is 0.118 e. The Morgan fingerprint density at radius 3 is 2.43 bits per heavy atom. The maximum atomic E-state index is 9.17. The molecule has 1 saturated carbocycles. The van der Waals surface area contributed by atoms with Gasteiger partial charge in [0, 0.05) is 9.64 Å². The number of methoxy groups -OCH3 is 1. The smallest absolute Gasteiger partial charge is 0.118 e. The molecule has 0 atom stereocenters. The lowest BCUT2D eigenvalue weighted by Crippen LogP contribution is -2.07. The highest BCUT2D eigenvalue weighted by Crippen LogP contribution is 2.51. The summed E-state index contributed by atoms with van der Waals surface area (Å²) in [6.07, 6.45) is 2.25. The summed E-state index contributed by atoms with van der Waals surface area (Å²) < 4.78 is 5.20. The molecule has 2 rings (SSSR count). The van der Waals surface area contributed by atoms with Crippen LogP contribution in [0.4, 0.5) is 0 Å². The number of aliphatic hydroxyl groups excluding tert-OH is 1. The van der Waals surface area contributed by atoms with E-state index >= 15 is 0 Å². The van der Waals surface area contributed by atoms with Crippen LogP contribution >= 0.6 is 11.8 Å². The van der Waals surface area contributed by atoms with E-state index in [0.717, 1.165) is 18.6 Å². The summed E-state index contributed by atoms with van der Waals surface area (Å²) in [7, 11) is 1.66.